The first kappa shape index (κ1) is 18.5. The van der Waals surface area contributed by atoms with E-state index in [-0.39, 0.29) is 18.9 Å². The number of rotatable bonds is 2. The summed E-state index contributed by atoms with van der Waals surface area (Å²) in [7, 11) is 0. The lowest BCUT2D eigenvalue weighted by atomic mass is 9.96. The molecule has 0 radical (unpaired) electrons. The van der Waals surface area contributed by atoms with Crippen LogP contribution in [0.5, 0.6) is 0 Å². The molecule has 1 aromatic heterocycles. The molecule has 0 aliphatic carbocycles. The van der Waals surface area contributed by atoms with Crippen LogP contribution < -0.4 is 0 Å². The van der Waals surface area contributed by atoms with Gasteiger partial charge >= 0.3 is 6.18 Å². The van der Waals surface area contributed by atoms with Crippen LogP contribution in [0.1, 0.15) is 23.2 Å². The Morgan fingerprint density at radius 1 is 1.04 bits per heavy atom. The van der Waals surface area contributed by atoms with Crippen LogP contribution in [0.25, 0.3) is 22.2 Å². The van der Waals surface area contributed by atoms with Crippen molar-refractivity contribution in [1.29, 1.82) is 0 Å². The van der Waals surface area contributed by atoms with E-state index in [4.69, 9.17) is 0 Å². The zero-order valence-electron chi connectivity index (χ0n) is 15.1. The maximum absolute atomic E-state index is 13.2. The highest BCUT2D eigenvalue weighted by molar-refractivity contribution is 6.07. The molecule has 0 spiro atoms. The van der Waals surface area contributed by atoms with Crippen molar-refractivity contribution < 1.29 is 18.0 Å². The fourth-order valence-corrected chi connectivity index (χ4v) is 3.71. The predicted octanol–water partition coefficient (Wildman–Crippen LogP) is 5.32. The number of amides is 1. The SMILES string of the molecule is O=C(c1cc(-c2ccccc2)nc2ccccc12)N1CCC[C@H](C(F)(F)F)C1. The number of nitrogens with zero attached hydrogens (tertiary/aromatic N) is 2. The second-order valence-corrected chi connectivity index (χ2v) is 7.07. The maximum atomic E-state index is 13.2. The molecule has 3 aromatic rings. The number of carbonyl (C=O) groups is 1. The molecule has 1 aliphatic rings. The van der Waals surface area contributed by atoms with Crippen LogP contribution in [0.2, 0.25) is 0 Å². The lowest BCUT2D eigenvalue weighted by Gasteiger charge is -2.34. The molecule has 1 atom stereocenters. The van der Waals surface area contributed by atoms with E-state index in [1.807, 2.05) is 42.5 Å². The Bertz CT molecular complexity index is 1000. The summed E-state index contributed by atoms with van der Waals surface area (Å²) in [4.78, 5) is 19.2. The third kappa shape index (κ3) is 3.59. The Morgan fingerprint density at radius 2 is 1.75 bits per heavy atom. The van der Waals surface area contributed by atoms with Crippen LogP contribution in [-0.4, -0.2) is 35.1 Å². The van der Waals surface area contributed by atoms with E-state index in [0.29, 0.717) is 35.1 Å². The average Bonchev–Trinajstić information content (AvgIpc) is 2.72. The first-order valence-electron chi connectivity index (χ1n) is 9.24. The van der Waals surface area contributed by atoms with Crippen LogP contribution in [0.3, 0.4) is 0 Å². The molecule has 0 unspecified atom stereocenters. The number of benzene rings is 2. The molecule has 1 saturated heterocycles. The van der Waals surface area contributed by atoms with Gasteiger partial charge in [0.25, 0.3) is 5.91 Å². The van der Waals surface area contributed by atoms with Gasteiger partial charge in [-0.1, -0.05) is 48.5 Å². The Hall–Kier alpha value is -2.89. The van der Waals surface area contributed by atoms with E-state index in [0.717, 1.165) is 5.56 Å². The number of hydrogen-bond acceptors (Lipinski definition) is 2. The normalized spacial score (nSPS) is 17.7. The largest absolute Gasteiger partial charge is 0.393 e. The van der Waals surface area contributed by atoms with Gasteiger partial charge in [-0.05, 0) is 25.0 Å². The molecule has 1 amide bonds. The Labute approximate surface area is 160 Å². The number of halogens is 3. The van der Waals surface area contributed by atoms with Crippen LogP contribution in [0, 0.1) is 5.92 Å². The van der Waals surface area contributed by atoms with Crippen LogP contribution >= 0.6 is 0 Å². The summed E-state index contributed by atoms with van der Waals surface area (Å²) in [5.74, 6) is -1.84. The predicted molar refractivity (Wildman–Crippen MR) is 102 cm³/mol. The monoisotopic (exact) mass is 384 g/mol. The number of para-hydroxylation sites is 1. The summed E-state index contributed by atoms with van der Waals surface area (Å²) >= 11 is 0. The zero-order chi connectivity index (χ0) is 19.7. The van der Waals surface area contributed by atoms with E-state index in [1.54, 1.807) is 18.2 Å². The van der Waals surface area contributed by atoms with Crippen molar-refractivity contribution in [3.63, 3.8) is 0 Å². The fraction of sp³-hybridized carbons (Fsp3) is 0.273. The molecule has 144 valence electrons. The lowest BCUT2D eigenvalue weighted by Crippen LogP contribution is -2.44. The molecule has 28 heavy (non-hydrogen) atoms. The number of likely N-dealkylation sites (tertiary alicyclic amines) is 1. The smallest absolute Gasteiger partial charge is 0.338 e. The van der Waals surface area contributed by atoms with Crippen LogP contribution in [0.4, 0.5) is 13.2 Å². The topological polar surface area (TPSA) is 33.2 Å². The van der Waals surface area contributed by atoms with Crippen molar-refractivity contribution in [2.24, 2.45) is 5.92 Å². The Kier molecular flexibility index (Phi) is 4.79. The second-order valence-electron chi connectivity index (χ2n) is 7.07. The van der Waals surface area contributed by atoms with E-state index in [1.165, 1.54) is 4.90 Å². The fourth-order valence-electron chi connectivity index (χ4n) is 3.71. The number of fused-ring (bicyclic) bond motifs is 1. The molecule has 1 aliphatic heterocycles. The highest BCUT2D eigenvalue weighted by Gasteiger charge is 2.42. The molecular formula is C22H19F3N2O. The molecular weight excluding hydrogens is 365 g/mol. The number of aromatic nitrogens is 1. The van der Waals surface area contributed by atoms with Crippen molar-refractivity contribution in [3.05, 3.63) is 66.2 Å². The van der Waals surface area contributed by atoms with E-state index < -0.39 is 12.1 Å². The van der Waals surface area contributed by atoms with Gasteiger partial charge in [0.05, 0.1) is 22.7 Å². The highest BCUT2D eigenvalue weighted by Crippen LogP contribution is 2.34. The molecule has 2 heterocycles. The summed E-state index contributed by atoms with van der Waals surface area (Å²) in [5.41, 5.74) is 2.53. The van der Waals surface area contributed by atoms with Gasteiger partial charge < -0.3 is 4.90 Å². The van der Waals surface area contributed by atoms with Gasteiger partial charge in [0.1, 0.15) is 0 Å². The minimum Gasteiger partial charge on any atom is -0.338 e. The Morgan fingerprint density at radius 3 is 2.50 bits per heavy atom. The highest BCUT2D eigenvalue weighted by atomic mass is 19.4. The number of hydrogen-bond donors (Lipinski definition) is 0. The van der Waals surface area contributed by atoms with Crippen LogP contribution in [-0.2, 0) is 0 Å². The molecule has 6 heteroatoms. The third-order valence-corrected chi connectivity index (χ3v) is 5.19. The number of pyridine rings is 1. The lowest BCUT2D eigenvalue weighted by molar-refractivity contribution is -0.184. The second kappa shape index (κ2) is 7.26. The van der Waals surface area contributed by atoms with Crippen molar-refractivity contribution >= 4 is 16.8 Å². The van der Waals surface area contributed by atoms with Gasteiger partial charge in [-0.3, -0.25) is 4.79 Å². The third-order valence-electron chi connectivity index (χ3n) is 5.19. The van der Waals surface area contributed by atoms with Gasteiger partial charge in [0.15, 0.2) is 0 Å². The van der Waals surface area contributed by atoms with Gasteiger partial charge in [-0.15, -0.1) is 0 Å². The molecule has 0 N–H and O–H groups in total. The maximum Gasteiger partial charge on any atom is 0.393 e. The van der Waals surface area contributed by atoms with Gasteiger partial charge in [0, 0.05) is 24.0 Å². The van der Waals surface area contributed by atoms with Crippen molar-refractivity contribution in [2.45, 2.75) is 19.0 Å². The van der Waals surface area contributed by atoms with Crippen LogP contribution in [0.15, 0.2) is 60.7 Å². The summed E-state index contributed by atoms with van der Waals surface area (Å²) in [6, 6.07) is 18.4. The Balaban J connectivity index is 1.76. The standard InChI is InChI=1S/C22H19F3N2O/c23-22(24,25)16-9-6-12-27(14-16)21(28)18-13-20(15-7-2-1-3-8-15)26-19-11-5-4-10-17(18)19/h1-5,7-8,10-11,13,16H,6,9,12,14H2/t16-/m0/s1. The molecule has 1 fully saturated rings. The average molecular weight is 384 g/mol. The van der Waals surface area contributed by atoms with Crippen molar-refractivity contribution in [2.75, 3.05) is 13.1 Å². The van der Waals surface area contributed by atoms with E-state index >= 15 is 0 Å². The molecule has 3 nitrogen and oxygen atoms in total. The summed E-state index contributed by atoms with van der Waals surface area (Å²) in [5, 5.41) is 0.654. The number of piperidine rings is 1. The molecule has 2 aromatic carbocycles. The summed E-state index contributed by atoms with van der Waals surface area (Å²) in [6.45, 7) is 0.0440. The van der Waals surface area contributed by atoms with Gasteiger partial charge in [0.2, 0.25) is 0 Å². The minimum absolute atomic E-state index is 0.0691. The van der Waals surface area contributed by atoms with Gasteiger partial charge in [-0.25, -0.2) is 4.98 Å². The van der Waals surface area contributed by atoms with E-state index in [9.17, 15) is 18.0 Å². The number of alkyl halides is 3. The molecule has 0 saturated carbocycles. The minimum atomic E-state index is -4.28. The molecule has 0 bridgehead atoms. The first-order valence-corrected chi connectivity index (χ1v) is 9.24. The van der Waals surface area contributed by atoms with Crippen molar-refractivity contribution in [3.8, 4) is 11.3 Å². The number of carbonyl (C=O) groups excluding carboxylic acids is 1. The summed E-state index contributed by atoms with van der Waals surface area (Å²) < 4.78 is 39.5. The van der Waals surface area contributed by atoms with Gasteiger partial charge in [-0.2, -0.15) is 13.2 Å². The first-order chi connectivity index (χ1) is 13.4. The van der Waals surface area contributed by atoms with E-state index in [2.05, 4.69) is 4.98 Å². The summed E-state index contributed by atoms with van der Waals surface area (Å²) in [6.07, 6.45) is -3.86. The van der Waals surface area contributed by atoms with Crippen molar-refractivity contribution in [1.82, 2.24) is 9.88 Å². The molecule has 4 rings (SSSR count). The quantitative estimate of drug-likeness (QED) is 0.599. The zero-order valence-corrected chi connectivity index (χ0v) is 15.1.